The molecule has 3 aromatic rings. The number of anilines is 2. The van der Waals surface area contributed by atoms with Crippen molar-refractivity contribution in [1.29, 1.82) is 0 Å². The molecule has 0 unspecified atom stereocenters. The van der Waals surface area contributed by atoms with Gasteiger partial charge in [-0.2, -0.15) is 0 Å². The van der Waals surface area contributed by atoms with Crippen molar-refractivity contribution in [1.82, 2.24) is 9.88 Å². The van der Waals surface area contributed by atoms with Crippen LogP contribution < -0.4 is 11.1 Å². The summed E-state index contributed by atoms with van der Waals surface area (Å²) in [5.74, 6) is 0.00271. The summed E-state index contributed by atoms with van der Waals surface area (Å²) in [5.41, 5.74) is 13.1. The fraction of sp³-hybridized carbons (Fsp3) is 0.229. The first-order valence-electron chi connectivity index (χ1n) is 13.6. The Morgan fingerprint density at radius 1 is 1.12 bits per heavy atom. The number of terminal acetylenes is 1. The quantitative estimate of drug-likeness (QED) is 0.152. The molecule has 212 valence electrons. The summed E-state index contributed by atoms with van der Waals surface area (Å²) in [5, 5.41) is 3.29. The lowest BCUT2D eigenvalue weighted by molar-refractivity contribution is 0.371. The van der Waals surface area contributed by atoms with E-state index in [0.29, 0.717) is 29.2 Å². The Morgan fingerprint density at radius 2 is 1.80 bits per heavy atom. The molecule has 0 radical (unpaired) electrons. The lowest BCUT2D eigenvalue weighted by Gasteiger charge is -2.17. The van der Waals surface area contributed by atoms with E-state index in [4.69, 9.17) is 5.73 Å². The van der Waals surface area contributed by atoms with E-state index in [1.165, 1.54) is 31.0 Å². The molecule has 0 atom stereocenters. The van der Waals surface area contributed by atoms with E-state index < -0.39 is 0 Å². The number of hydrogen-bond acceptors (Lipinski definition) is 4. The van der Waals surface area contributed by atoms with Gasteiger partial charge in [-0.25, -0.2) is 13.8 Å². The molecule has 0 saturated carbocycles. The zero-order valence-corrected chi connectivity index (χ0v) is 23.9. The van der Waals surface area contributed by atoms with E-state index in [0.717, 1.165) is 53.0 Å². The predicted octanol–water partition coefficient (Wildman–Crippen LogP) is 7.95. The fourth-order valence-corrected chi connectivity index (χ4v) is 4.94. The van der Waals surface area contributed by atoms with Crippen LogP contribution in [0.2, 0.25) is 0 Å². The van der Waals surface area contributed by atoms with Crippen molar-refractivity contribution in [3.8, 4) is 24.0 Å². The predicted molar refractivity (Wildman–Crippen MR) is 169 cm³/mol. The van der Waals surface area contributed by atoms with E-state index in [-0.39, 0.29) is 11.6 Å². The summed E-state index contributed by atoms with van der Waals surface area (Å²) >= 11 is 0. The van der Waals surface area contributed by atoms with Crippen LogP contribution in [0.25, 0.3) is 16.7 Å². The number of hydrogen-bond donors (Lipinski definition) is 2. The molecule has 6 heteroatoms. The van der Waals surface area contributed by atoms with E-state index in [2.05, 4.69) is 41.2 Å². The van der Waals surface area contributed by atoms with Gasteiger partial charge in [0.15, 0.2) is 0 Å². The molecule has 1 aromatic heterocycles. The highest BCUT2D eigenvalue weighted by Gasteiger charge is 2.16. The van der Waals surface area contributed by atoms with Crippen LogP contribution in [0.15, 0.2) is 91.3 Å². The number of pyridine rings is 1. The molecule has 0 bridgehead atoms. The van der Waals surface area contributed by atoms with Gasteiger partial charge >= 0.3 is 0 Å². The van der Waals surface area contributed by atoms with Gasteiger partial charge in [0.05, 0.1) is 0 Å². The van der Waals surface area contributed by atoms with Gasteiger partial charge in [0.1, 0.15) is 17.5 Å². The molecule has 41 heavy (non-hydrogen) atoms. The third kappa shape index (κ3) is 8.03. The first-order chi connectivity index (χ1) is 19.8. The number of nitrogens with one attached hydrogen (secondary N) is 1. The highest BCUT2D eigenvalue weighted by Crippen LogP contribution is 2.30. The van der Waals surface area contributed by atoms with Gasteiger partial charge in [-0.05, 0) is 104 Å². The van der Waals surface area contributed by atoms with Crippen molar-refractivity contribution in [2.45, 2.75) is 33.1 Å². The van der Waals surface area contributed by atoms with Gasteiger partial charge < -0.3 is 11.1 Å². The van der Waals surface area contributed by atoms with Crippen LogP contribution in [0, 0.1) is 31.4 Å². The number of aromatic nitrogens is 1. The number of nitrogens with zero attached hydrogens (tertiary/aromatic N) is 2. The van der Waals surface area contributed by atoms with Crippen molar-refractivity contribution in [3.05, 3.63) is 120 Å². The minimum Gasteiger partial charge on any atom is -0.398 e. The Bertz CT molecular complexity index is 1460. The molecule has 1 aliphatic rings. The van der Waals surface area contributed by atoms with Crippen LogP contribution in [0.3, 0.4) is 0 Å². The lowest BCUT2D eigenvalue weighted by atomic mass is 9.96. The van der Waals surface area contributed by atoms with E-state index in [1.54, 1.807) is 24.4 Å². The summed E-state index contributed by atoms with van der Waals surface area (Å²) in [6.45, 7) is 15.0. The standard InChI is InChI=1S/C33H36F2N4.C2H2/c1-5-24(21-39-15-7-8-16-39)18-25(6-2)30-19-27(32(36)20-31(30)35)17-22(3)38-33-23(4)29(13-14-37-33)26-9-11-28(34)12-10-26;1-2/h5-6,9-14,18-20H,1,3,7-8,15-17,21,36H2,2,4H3,(H,37,38);1-2H/b24-18+,25-6+;. The maximum absolute atomic E-state index is 15.1. The molecule has 3 N–H and O–H groups in total. The molecule has 0 spiro atoms. The second-order valence-corrected chi connectivity index (χ2v) is 9.93. The number of allylic oxidation sites excluding steroid dienone is 4. The maximum atomic E-state index is 15.1. The number of benzene rings is 2. The highest BCUT2D eigenvalue weighted by molar-refractivity contribution is 5.77. The Hall–Kier alpha value is -4.47. The number of rotatable bonds is 10. The van der Waals surface area contributed by atoms with Crippen molar-refractivity contribution in [2.75, 3.05) is 30.7 Å². The van der Waals surface area contributed by atoms with E-state index in [1.807, 2.05) is 38.1 Å². The van der Waals surface area contributed by atoms with Gasteiger partial charge in [-0.1, -0.05) is 43.5 Å². The highest BCUT2D eigenvalue weighted by atomic mass is 19.1. The number of likely N-dealkylation sites (tertiary alicyclic amines) is 1. The monoisotopic (exact) mass is 552 g/mol. The van der Waals surface area contributed by atoms with Crippen molar-refractivity contribution < 1.29 is 8.78 Å². The van der Waals surface area contributed by atoms with Crippen LogP contribution in [0.1, 0.15) is 36.5 Å². The van der Waals surface area contributed by atoms with E-state index >= 15 is 4.39 Å². The Kier molecular flexibility index (Phi) is 11.2. The average molecular weight is 553 g/mol. The summed E-state index contributed by atoms with van der Waals surface area (Å²) in [6.07, 6.45) is 18.3. The van der Waals surface area contributed by atoms with Crippen LogP contribution >= 0.6 is 0 Å². The van der Waals surface area contributed by atoms with Crippen molar-refractivity contribution in [3.63, 3.8) is 0 Å². The average Bonchev–Trinajstić information content (AvgIpc) is 3.49. The van der Waals surface area contributed by atoms with Gasteiger partial charge in [0.2, 0.25) is 0 Å². The molecule has 2 aromatic carbocycles. The molecule has 0 aliphatic carbocycles. The summed E-state index contributed by atoms with van der Waals surface area (Å²) in [6, 6.07) is 11.4. The first-order valence-corrected chi connectivity index (χ1v) is 13.6. The zero-order valence-electron chi connectivity index (χ0n) is 23.9. The minimum absolute atomic E-state index is 0.280. The van der Waals surface area contributed by atoms with E-state index in [9.17, 15) is 4.39 Å². The molecule has 1 fully saturated rings. The van der Waals surface area contributed by atoms with Crippen LogP contribution in [-0.2, 0) is 6.42 Å². The first kappa shape index (κ1) is 31.1. The number of nitrogens with two attached hydrogens (primary N) is 1. The third-order valence-corrected chi connectivity index (χ3v) is 7.12. The Labute approximate surface area is 243 Å². The molecule has 1 aliphatic heterocycles. The van der Waals surface area contributed by atoms with Gasteiger partial charge in [-0.3, -0.25) is 4.90 Å². The second-order valence-electron chi connectivity index (χ2n) is 9.93. The van der Waals surface area contributed by atoms with Crippen molar-refractivity contribution >= 4 is 17.1 Å². The lowest BCUT2D eigenvalue weighted by Crippen LogP contribution is -2.21. The Balaban J connectivity index is 0.00000226. The molecule has 4 rings (SSSR count). The van der Waals surface area contributed by atoms with Gasteiger partial charge in [0.25, 0.3) is 0 Å². The molecule has 1 saturated heterocycles. The molecular weight excluding hydrogens is 514 g/mol. The van der Waals surface area contributed by atoms with Crippen LogP contribution in [-0.4, -0.2) is 29.5 Å². The minimum atomic E-state index is -0.367. The molecular formula is C35H38F2N4. The maximum Gasteiger partial charge on any atom is 0.133 e. The molecule has 4 nitrogen and oxygen atoms in total. The Morgan fingerprint density at radius 3 is 2.44 bits per heavy atom. The smallest absolute Gasteiger partial charge is 0.133 e. The van der Waals surface area contributed by atoms with Crippen molar-refractivity contribution in [2.24, 2.45) is 0 Å². The summed E-state index contributed by atoms with van der Waals surface area (Å²) in [4.78, 5) is 6.87. The second kappa shape index (κ2) is 14.8. The van der Waals surface area contributed by atoms with Crippen LogP contribution in [0.5, 0.6) is 0 Å². The topological polar surface area (TPSA) is 54.2 Å². The molecule has 2 heterocycles. The summed E-state index contributed by atoms with van der Waals surface area (Å²) in [7, 11) is 0. The van der Waals surface area contributed by atoms with Gasteiger partial charge in [-0.15, -0.1) is 12.8 Å². The number of nitrogen functional groups attached to an aromatic ring is 1. The zero-order chi connectivity index (χ0) is 29.9. The van der Waals surface area contributed by atoms with Gasteiger partial charge in [0, 0.05) is 36.1 Å². The van der Waals surface area contributed by atoms with Crippen LogP contribution in [0.4, 0.5) is 20.3 Å². The summed E-state index contributed by atoms with van der Waals surface area (Å²) < 4.78 is 28.5. The fourth-order valence-electron chi connectivity index (χ4n) is 4.94. The SMILES string of the molecule is C#C.C=C/C(=C\C(=C/C)c1cc(CC(=C)Nc2nccc(-c3ccc(F)cc3)c2C)c(N)cc1F)CN1CCCC1. The third-order valence-electron chi connectivity index (χ3n) is 7.12. The normalized spacial score (nSPS) is 13.8. The molecule has 0 amide bonds. The largest absolute Gasteiger partial charge is 0.398 e. The number of halogens is 2.